The Kier molecular flexibility index (Phi) is 23.0. The van der Waals surface area contributed by atoms with Crippen LogP contribution in [0.1, 0.15) is 67.9 Å². The van der Waals surface area contributed by atoms with E-state index in [1.54, 1.807) is 48.5 Å². The molecule has 4 fully saturated rings. The summed E-state index contributed by atoms with van der Waals surface area (Å²) in [5.74, 6) is -4.15. The number of rotatable bonds is 28. The highest BCUT2D eigenvalue weighted by Gasteiger charge is 2.63. The molecule has 12 rings (SSSR count). The fourth-order valence-electron chi connectivity index (χ4n) is 12.8. The van der Waals surface area contributed by atoms with Crippen molar-refractivity contribution in [2.75, 3.05) is 25.7 Å². The van der Waals surface area contributed by atoms with E-state index in [1.165, 1.54) is 4.90 Å². The molecule has 15 atom stereocenters. The Hall–Kier alpha value is -8.91. The topological polar surface area (TPSA) is 238 Å². The summed E-state index contributed by atoms with van der Waals surface area (Å²) in [5.41, 5.74) is 4.96. The number of imide groups is 1. The number of hydrogen-bond acceptors (Lipinski definition) is 20. The van der Waals surface area contributed by atoms with Crippen LogP contribution < -0.4 is 4.74 Å². The lowest BCUT2D eigenvalue weighted by Crippen LogP contribution is -2.70. The van der Waals surface area contributed by atoms with Crippen molar-refractivity contribution >= 4 is 47.4 Å². The molecule has 7 aromatic carbocycles. The van der Waals surface area contributed by atoms with Gasteiger partial charge < -0.3 is 66.3 Å². The Morgan fingerprint density at radius 1 is 0.449 bits per heavy atom. The van der Waals surface area contributed by atoms with Crippen molar-refractivity contribution in [1.82, 2.24) is 9.80 Å². The number of aryl methyl sites for hydroxylation is 1. The molecule has 5 heterocycles. The molecule has 98 heavy (non-hydrogen) atoms. The maximum Gasteiger partial charge on any atom is 0.411 e. The minimum atomic E-state index is -1.80. The van der Waals surface area contributed by atoms with Crippen LogP contribution in [0.25, 0.3) is 0 Å². The largest absolute Gasteiger partial charge is 0.463 e. The molecule has 0 aliphatic carbocycles. The predicted molar refractivity (Wildman–Crippen MR) is 349 cm³/mol. The fourth-order valence-corrected chi connectivity index (χ4v) is 12.8. The average molecular weight is 1360 g/mol. The van der Waals surface area contributed by atoms with Gasteiger partial charge in [0, 0.05) is 20.4 Å². The van der Waals surface area contributed by atoms with E-state index in [2.05, 4.69) is 0 Å². The molecule has 7 aromatic rings. The number of esters is 3. The van der Waals surface area contributed by atoms with Gasteiger partial charge in [0.25, 0.3) is 11.8 Å². The summed E-state index contributed by atoms with van der Waals surface area (Å²) in [6, 6.07) is 57.1. The van der Waals surface area contributed by atoms with Crippen molar-refractivity contribution in [2.45, 2.75) is 146 Å². The molecule has 4 saturated heterocycles. The molecule has 3 amide bonds. The molecule has 0 unspecified atom stereocenters. The first-order chi connectivity index (χ1) is 47.8. The monoisotopic (exact) mass is 1360 g/mol. The summed E-state index contributed by atoms with van der Waals surface area (Å²) in [6.07, 6.45) is -20.1. The van der Waals surface area contributed by atoms with Crippen LogP contribution in [0, 0.1) is 6.92 Å². The molecule has 0 aromatic heterocycles. The molecule has 5 aliphatic heterocycles. The number of amides is 3. The third kappa shape index (κ3) is 16.6. The van der Waals surface area contributed by atoms with Gasteiger partial charge in [-0.15, -0.1) is 11.6 Å². The van der Waals surface area contributed by atoms with Crippen LogP contribution in [0.3, 0.4) is 0 Å². The Labute approximate surface area is 571 Å². The number of fused-ring (bicyclic) bond motifs is 2. The van der Waals surface area contributed by atoms with Crippen molar-refractivity contribution in [3.63, 3.8) is 0 Å². The number of alkyl halides is 1. The lowest BCUT2D eigenvalue weighted by atomic mass is 9.93. The maximum absolute atomic E-state index is 15.1. The van der Waals surface area contributed by atoms with Crippen molar-refractivity contribution in [3.05, 3.63) is 245 Å². The number of ether oxygens (including phenoxy) is 14. The lowest BCUT2D eigenvalue weighted by Gasteiger charge is -2.51. The molecule has 512 valence electrons. The van der Waals surface area contributed by atoms with Crippen molar-refractivity contribution < 1.29 is 95.1 Å². The lowest BCUT2D eigenvalue weighted by molar-refractivity contribution is -0.371. The van der Waals surface area contributed by atoms with Gasteiger partial charge in [0.15, 0.2) is 37.0 Å². The summed E-state index contributed by atoms with van der Waals surface area (Å²) in [5, 5.41) is 0. The smallest absolute Gasteiger partial charge is 0.411 e. The van der Waals surface area contributed by atoms with Crippen LogP contribution in [0.5, 0.6) is 5.75 Å². The zero-order valence-electron chi connectivity index (χ0n) is 54.0. The zero-order chi connectivity index (χ0) is 68.1. The molecule has 0 bridgehead atoms. The maximum atomic E-state index is 15.1. The van der Waals surface area contributed by atoms with Gasteiger partial charge in [0.2, 0.25) is 6.29 Å². The van der Waals surface area contributed by atoms with E-state index < -0.39 is 134 Å². The Balaban J connectivity index is 0.970. The number of benzene rings is 7. The minimum Gasteiger partial charge on any atom is -0.463 e. The molecule has 0 radical (unpaired) electrons. The van der Waals surface area contributed by atoms with Gasteiger partial charge in [0.1, 0.15) is 60.3 Å². The second-order valence-electron chi connectivity index (χ2n) is 24.2. The van der Waals surface area contributed by atoms with Gasteiger partial charge >= 0.3 is 24.0 Å². The summed E-state index contributed by atoms with van der Waals surface area (Å²) >= 11 is 6.10. The van der Waals surface area contributed by atoms with Crippen LogP contribution >= 0.6 is 11.6 Å². The standard InChI is InChI=1S/C75H75ClN2O20/c1-46-33-35-54(36-34-46)91-73-62(78-70(82)55-31-19-20-32-56(55)71(78)83)66(88-42-53-29-17-8-18-30-53)63(57(93-73)43-85-39-50-23-11-5-12-24-50)97-74-69(90-48(3)80)68(89-47(2)79)65(59(94-74)45-87-41-52-27-15-7-16-28-52)96-72-61-67(98-75(84)77(61)38-49-21-9-4-10-22-49)64(95-60(81)37-76)58(92-72)44-86-40-51-25-13-6-14-26-51/h4-36,57-59,61-69,72-74H,37-45H2,1-3H3/t57-,58-,59-,61-,62-,63-,64-,65+,66-,67-,68+,69-,72-,73-,74+/m1/s1. The average Bonchev–Trinajstić information content (AvgIpc) is 1.47. The molecular formula is C75H75ClN2O20. The summed E-state index contributed by atoms with van der Waals surface area (Å²) in [4.78, 5) is 88.4. The minimum absolute atomic E-state index is 0.0217. The summed E-state index contributed by atoms with van der Waals surface area (Å²) in [7, 11) is 0. The van der Waals surface area contributed by atoms with E-state index in [1.807, 2.05) is 159 Å². The van der Waals surface area contributed by atoms with E-state index in [4.69, 9.17) is 77.9 Å². The van der Waals surface area contributed by atoms with Crippen LogP contribution in [-0.4, -0.2) is 163 Å². The first-order valence-corrected chi connectivity index (χ1v) is 32.9. The van der Waals surface area contributed by atoms with E-state index in [0.717, 1.165) is 41.0 Å². The van der Waals surface area contributed by atoms with E-state index >= 15 is 9.59 Å². The normalized spacial score (nSPS) is 26.6. The number of carbonyl (C=O) groups is 6. The van der Waals surface area contributed by atoms with Gasteiger partial charge in [-0.1, -0.05) is 181 Å². The van der Waals surface area contributed by atoms with E-state index in [9.17, 15) is 19.2 Å². The molecule has 0 saturated carbocycles. The van der Waals surface area contributed by atoms with Crippen molar-refractivity contribution in [2.24, 2.45) is 0 Å². The van der Waals surface area contributed by atoms with Crippen LogP contribution in [0.15, 0.2) is 200 Å². The highest BCUT2D eigenvalue weighted by Crippen LogP contribution is 2.43. The van der Waals surface area contributed by atoms with E-state index in [-0.39, 0.29) is 63.9 Å². The zero-order valence-corrected chi connectivity index (χ0v) is 54.8. The van der Waals surface area contributed by atoms with Crippen molar-refractivity contribution in [1.29, 1.82) is 0 Å². The van der Waals surface area contributed by atoms with Gasteiger partial charge in [-0.3, -0.25) is 33.8 Å². The number of halogens is 1. The third-order valence-electron chi connectivity index (χ3n) is 17.3. The van der Waals surface area contributed by atoms with Crippen LogP contribution in [-0.2, 0) is 109 Å². The third-order valence-corrected chi connectivity index (χ3v) is 17.5. The van der Waals surface area contributed by atoms with Gasteiger partial charge in [0.05, 0.1) is 57.4 Å². The van der Waals surface area contributed by atoms with Crippen LogP contribution in [0.2, 0.25) is 0 Å². The highest BCUT2D eigenvalue weighted by atomic mass is 35.5. The number of carbonyl (C=O) groups excluding carboxylic acids is 6. The highest BCUT2D eigenvalue weighted by molar-refractivity contribution is 6.26. The quantitative estimate of drug-likeness (QED) is 0.0192. The van der Waals surface area contributed by atoms with E-state index in [0.29, 0.717) is 16.9 Å². The van der Waals surface area contributed by atoms with Crippen LogP contribution in [0.4, 0.5) is 4.79 Å². The first-order valence-electron chi connectivity index (χ1n) is 32.4. The molecule has 0 N–H and O–H groups in total. The fraction of sp³-hybridized carbons (Fsp3) is 0.360. The second kappa shape index (κ2) is 32.6. The second-order valence-corrected chi connectivity index (χ2v) is 24.5. The Morgan fingerprint density at radius 2 is 0.878 bits per heavy atom. The first kappa shape index (κ1) is 69.0. The summed E-state index contributed by atoms with van der Waals surface area (Å²) in [6.45, 7) is 3.40. The van der Waals surface area contributed by atoms with Gasteiger partial charge in [-0.2, -0.15) is 0 Å². The molecular weight excluding hydrogens is 1280 g/mol. The summed E-state index contributed by atoms with van der Waals surface area (Å²) < 4.78 is 93.9. The Morgan fingerprint density at radius 3 is 1.38 bits per heavy atom. The van der Waals surface area contributed by atoms with Gasteiger partial charge in [-0.25, -0.2) is 4.79 Å². The SMILES string of the molecule is CC(=O)O[C@H]1[C@@H](O[C@H]2O[C@H](COCc3ccccc3)[C@@H](OC(=O)CCl)[C@@H]3OC(=O)N(Cc4ccccc4)[C@@H]23)[C@@H](COCc2ccccc2)O[C@@H](O[C@H]2[C@H](OCc3ccccc3)[C@@H](N3C(=O)c4ccccc4C3=O)[C@H](Oc3ccc(C)cc3)O[C@@H]2COCc2ccccc2)[C@@H]1OC(C)=O. The molecule has 23 heteroatoms. The molecule has 0 spiro atoms. The van der Waals surface area contributed by atoms with Gasteiger partial charge in [-0.05, 0) is 59.0 Å². The predicted octanol–water partition coefficient (Wildman–Crippen LogP) is 9.62. The van der Waals surface area contributed by atoms with Crippen molar-refractivity contribution in [3.8, 4) is 5.75 Å². The number of hydrogen-bond donors (Lipinski definition) is 0. The Bertz CT molecular complexity index is 3770. The number of nitrogens with zero attached hydrogens (tertiary/aromatic N) is 2. The molecule has 22 nitrogen and oxygen atoms in total. The molecule has 5 aliphatic rings.